The minimum atomic E-state index is 0.282. The third-order valence-corrected chi connectivity index (χ3v) is 3.32. The van der Waals surface area contributed by atoms with Crippen LogP contribution >= 0.6 is 31.9 Å². The second-order valence-electron chi connectivity index (χ2n) is 3.66. The van der Waals surface area contributed by atoms with Crippen LogP contribution in [0.5, 0.6) is 0 Å². The Morgan fingerprint density at radius 3 is 2.69 bits per heavy atom. The van der Waals surface area contributed by atoms with Gasteiger partial charge in [-0.05, 0) is 57.2 Å². The Bertz CT molecular complexity index is 334. The zero-order valence-electron chi connectivity index (χ0n) is 9.29. The molecule has 0 saturated carbocycles. The highest BCUT2D eigenvalue weighted by atomic mass is 79.9. The fourth-order valence-electron chi connectivity index (χ4n) is 1.43. The Morgan fingerprint density at radius 1 is 1.31 bits per heavy atom. The molecule has 90 valence electrons. The van der Waals surface area contributed by atoms with Gasteiger partial charge in [0.2, 0.25) is 0 Å². The van der Waals surface area contributed by atoms with Crippen molar-refractivity contribution in [2.45, 2.75) is 19.3 Å². The molecule has 0 fully saturated rings. The first kappa shape index (κ1) is 13.9. The van der Waals surface area contributed by atoms with E-state index < -0.39 is 0 Å². The van der Waals surface area contributed by atoms with Crippen LogP contribution in [0.25, 0.3) is 0 Å². The molecule has 16 heavy (non-hydrogen) atoms. The normalized spacial score (nSPS) is 10.5. The first-order valence-corrected chi connectivity index (χ1v) is 6.87. The van der Waals surface area contributed by atoms with Crippen LogP contribution in [0.3, 0.4) is 0 Å². The average Bonchev–Trinajstić information content (AvgIpc) is 2.24. The summed E-state index contributed by atoms with van der Waals surface area (Å²) in [6, 6.07) is 1.99. The molecule has 0 atom stereocenters. The number of hydrogen-bond acceptors (Lipinski definition) is 3. The summed E-state index contributed by atoms with van der Waals surface area (Å²) in [5.74, 6) is 0.951. The molecule has 1 aromatic rings. The summed E-state index contributed by atoms with van der Waals surface area (Å²) in [5.41, 5.74) is 0. The first-order chi connectivity index (χ1) is 7.65. The van der Waals surface area contributed by atoms with E-state index in [9.17, 15) is 0 Å². The van der Waals surface area contributed by atoms with Gasteiger partial charge in [0.1, 0.15) is 5.82 Å². The smallest absolute Gasteiger partial charge is 0.142 e. The lowest BCUT2D eigenvalue weighted by atomic mass is 10.2. The van der Waals surface area contributed by atoms with E-state index in [0.29, 0.717) is 0 Å². The number of aliphatic hydroxyl groups excluding tert-OH is 1. The van der Waals surface area contributed by atoms with Gasteiger partial charge in [-0.25, -0.2) is 4.98 Å². The predicted molar refractivity (Wildman–Crippen MR) is 73.8 cm³/mol. The zero-order valence-corrected chi connectivity index (χ0v) is 12.5. The van der Waals surface area contributed by atoms with Crippen molar-refractivity contribution < 1.29 is 5.11 Å². The van der Waals surface area contributed by atoms with Gasteiger partial charge in [-0.15, -0.1) is 0 Å². The van der Waals surface area contributed by atoms with Crippen molar-refractivity contribution in [1.29, 1.82) is 0 Å². The molecule has 1 N–H and O–H groups in total. The molecule has 0 unspecified atom stereocenters. The Balaban J connectivity index is 2.49. The van der Waals surface area contributed by atoms with Gasteiger partial charge in [0.15, 0.2) is 0 Å². The summed E-state index contributed by atoms with van der Waals surface area (Å²) in [7, 11) is 2.03. The number of pyridine rings is 1. The lowest BCUT2D eigenvalue weighted by Crippen LogP contribution is -2.20. The SMILES string of the molecule is CN(CCCCCO)c1ncc(Br)cc1Br. The van der Waals surface area contributed by atoms with Gasteiger partial charge in [-0.2, -0.15) is 0 Å². The van der Waals surface area contributed by atoms with Gasteiger partial charge in [-0.1, -0.05) is 0 Å². The molecule has 0 aliphatic rings. The maximum atomic E-state index is 8.68. The molecule has 0 aliphatic carbocycles. The average molecular weight is 352 g/mol. The minimum absolute atomic E-state index is 0.282. The molecule has 1 aromatic heterocycles. The monoisotopic (exact) mass is 350 g/mol. The minimum Gasteiger partial charge on any atom is -0.396 e. The van der Waals surface area contributed by atoms with E-state index in [-0.39, 0.29) is 6.61 Å². The van der Waals surface area contributed by atoms with E-state index in [1.54, 1.807) is 6.20 Å². The molecule has 0 saturated heterocycles. The highest BCUT2D eigenvalue weighted by Crippen LogP contribution is 2.26. The number of unbranched alkanes of at least 4 members (excludes halogenated alkanes) is 2. The topological polar surface area (TPSA) is 36.4 Å². The molecule has 0 amide bonds. The van der Waals surface area contributed by atoms with Crippen molar-refractivity contribution in [2.75, 3.05) is 25.1 Å². The third kappa shape index (κ3) is 4.39. The summed E-state index contributed by atoms with van der Waals surface area (Å²) < 4.78 is 1.96. The molecule has 1 heterocycles. The van der Waals surface area contributed by atoms with Gasteiger partial charge in [0.25, 0.3) is 0 Å². The third-order valence-electron chi connectivity index (χ3n) is 2.30. The van der Waals surface area contributed by atoms with Crippen LogP contribution in [0, 0.1) is 0 Å². The number of hydrogen-bond donors (Lipinski definition) is 1. The van der Waals surface area contributed by atoms with Crippen molar-refractivity contribution in [3.8, 4) is 0 Å². The molecular weight excluding hydrogens is 336 g/mol. The highest BCUT2D eigenvalue weighted by molar-refractivity contribution is 9.11. The highest BCUT2D eigenvalue weighted by Gasteiger charge is 2.07. The Morgan fingerprint density at radius 2 is 2.06 bits per heavy atom. The summed E-state index contributed by atoms with van der Waals surface area (Å²) in [6.45, 7) is 1.23. The fourth-order valence-corrected chi connectivity index (χ4v) is 2.72. The molecule has 0 bridgehead atoms. The van der Waals surface area contributed by atoms with Gasteiger partial charge in [0, 0.05) is 30.9 Å². The van der Waals surface area contributed by atoms with E-state index in [1.165, 1.54) is 0 Å². The van der Waals surface area contributed by atoms with E-state index in [0.717, 1.165) is 40.6 Å². The van der Waals surface area contributed by atoms with Crippen molar-refractivity contribution in [1.82, 2.24) is 4.98 Å². The van der Waals surface area contributed by atoms with Crippen molar-refractivity contribution in [3.05, 3.63) is 21.2 Å². The standard InChI is InChI=1S/C11H16Br2N2O/c1-15(5-3-2-4-6-16)11-10(13)7-9(12)8-14-11/h7-8,16H,2-6H2,1H3. The van der Waals surface area contributed by atoms with Crippen molar-refractivity contribution in [3.63, 3.8) is 0 Å². The zero-order chi connectivity index (χ0) is 12.0. The summed E-state index contributed by atoms with van der Waals surface area (Å²) in [6.07, 6.45) is 4.79. The maximum Gasteiger partial charge on any atom is 0.142 e. The summed E-state index contributed by atoms with van der Waals surface area (Å²) >= 11 is 6.88. The van der Waals surface area contributed by atoms with E-state index in [4.69, 9.17) is 5.11 Å². The summed E-state index contributed by atoms with van der Waals surface area (Å²) in [4.78, 5) is 6.48. The Hall–Kier alpha value is -0.130. The lowest BCUT2D eigenvalue weighted by molar-refractivity contribution is 0.283. The van der Waals surface area contributed by atoms with Crippen LogP contribution in [0.1, 0.15) is 19.3 Å². The second-order valence-corrected chi connectivity index (χ2v) is 5.43. The molecule has 0 radical (unpaired) electrons. The second kappa shape index (κ2) is 7.25. The van der Waals surface area contributed by atoms with Crippen LogP contribution in [0.2, 0.25) is 0 Å². The molecule has 0 spiro atoms. The molecule has 1 rings (SSSR count). The van der Waals surface area contributed by atoms with E-state index in [1.807, 2.05) is 13.1 Å². The number of halogens is 2. The lowest BCUT2D eigenvalue weighted by Gasteiger charge is -2.19. The van der Waals surface area contributed by atoms with E-state index >= 15 is 0 Å². The predicted octanol–water partition coefficient (Wildman–Crippen LogP) is 3.21. The van der Waals surface area contributed by atoms with Gasteiger partial charge in [-0.3, -0.25) is 0 Å². The fraction of sp³-hybridized carbons (Fsp3) is 0.545. The Labute approximate surface area is 113 Å². The molecular formula is C11H16Br2N2O. The molecule has 0 aliphatic heterocycles. The van der Waals surface area contributed by atoms with Crippen LogP contribution in [-0.2, 0) is 0 Å². The van der Waals surface area contributed by atoms with Crippen LogP contribution in [0.4, 0.5) is 5.82 Å². The number of aromatic nitrogens is 1. The molecule has 3 nitrogen and oxygen atoms in total. The molecule has 0 aromatic carbocycles. The van der Waals surface area contributed by atoms with Gasteiger partial charge >= 0.3 is 0 Å². The van der Waals surface area contributed by atoms with Crippen LogP contribution in [-0.4, -0.2) is 30.3 Å². The van der Waals surface area contributed by atoms with Crippen LogP contribution in [0.15, 0.2) is 21.2 Å². The molecule has 5 heteroatoms. The number of rotatable bonds is 6. The van der Waals surface area contributed by atoms with Crippen LogP contribution < -0.4 is 4.90 Å². The number of anilines is 1. The van der Waals surface area contributed by atoms with Gasteiger partial charge in [0.05, 0.1) is 4.47 Å². The van der Waals surface area contributed by atoms with Crippen molar-refractivity contribution in [2.24, 2.45) is 0 Å². The van der Waals surface area contributed by atoms with E-state index in [2.05, 4.69) is 41.7 Å². The first-order valence-electron chi connectivity index (χ1n) is 5.28. The summed E-state index contributed by atoms with van der Waals surface area (Å²) in [5, 5.41) is 8.68. The largest absolute Gasteiger partial charge is 0.396 e. The number of aliphatic hydroxyl groups is 1. The van der Waals surface area contributed by atoms with Gasteiger partial charge < -0.3 is 10.0 Å². The maximum absolute atomic E-state index is 8.68. The number of nitrogens with zero attached hydrogens (tertiary/aromatic N) is 2. The quantitative estimate of drug-likeness (QED) is 0.799. The van der Waals surface area contributed by atoms with Crippen molar-refractivity contribution >= 4 is 37.7 Å². The Kier molecular flexibility index (Phi) is 6.31.